The van der Waals surface area contributed by atoms with Crippen molar-refractivity contribution >= 4 is 41.2 Å². The molecule has 22 nitrogen and oxygen atoms in total. The van der Waals surface area contributed by atoms with Crippen LogP contribution in [0.1, 0.15) is 74.0 Å². The number of imidazole rings is 1. The Morgan fingerprint density at radius 1 is 0.864 bits per heavy atom. The monoisotopic (exact) mass is 923 g/mol. The van der Waals surface area contributed by atoms with E-state index in [1.807, 2.05) is 40.7 Å². The second-order valence-corrected chi connectivity index (χ2v) is 17.1. The van der Waals surface area contributed by atoms with Crippen LogP contribution in [-0.2, 0) is 50.1 Å². The van der Waals surface area contributed by atoms with Gasteiger partial charge in [-0.25, -0.2) is 18.6 Å². The highest BCUT2D eigenvalue weighted by molar-refractivity contribution is 5.95. The van der Waals surface area contributed by atoms with Crippen LogP contribution in [0.2, 0.25) is 0 Å². The summed E-state index contributed by atoms with van der Waals surface area (Å²) in [5.74, 6) is -4.15. The first-order valence-electron chi connectivity index (χ1n) is 21.4. The van der Waals surface area contributed by atoms with E-state index in [2.05, 4.69) is 20.9 Å². The van der Waals surface area contributed by atoms with Gasteiger partial charge in [-0.1, -0.05) is 26.0 Å². The Bertz CT molecular complexity index is 2330. The van der Waals surface area contributed by atoms with Gasteiger partial charge in [0.05, 0.1) is 82.9 Å². The van der Waals surface area contributed by atoms with Gasteiger partial charge in [0.25, 0.3) is 11.8 Å². The number of carboxylic acids is 1. The average molecular weight is 924 g/mol. The molecular formula is C43H58FN11O11. The lowest BCUT2D eigenvalue weighted by molar-refractivity contribution is -0.140. The molecule has 1 fully saturated rings. The third kappa shape index (κ3) is 14.5. The second kappa shape index (κ2) is 23.2. The normalized spacial score (nSPS) is 14.3. The number of amides is 5. The molecule has 1 saturated heterocycles. The Hall–Kier alpha value is -6.43. The Morgan fingerprint density at radius 2 is 1.50 bits per heavy atom. The zero-order valence-corrected chi connectivity index (χ0v) is 37.8. The third-order valence-corrected chi connectivity index (χ3v) is 10.3. The van der Waals surface area contributed by atoms with E-state index in [4.69, 9.17) is 39.9 Å². The number of halogens is 1. The fourth-order valence-electron chi connectivity index (χ4n) is 6.93. The quantitative estimate of drug-likeness (QED) is 0.0709. The van der Waals surface area contributed by atoms with Gasteiger partial charge in [-0.3, -0.25) is 28.8 Å². The van der Waals surface area contributed by atoms with E-state index in [1.165, 1.54) is 23.0 Å². The number of rotatable bonds is 24. The number of hydrogen-bond acceptors (Lipinski definition) is 14. The first-order chi connectivity index (χ1) is 31.3. The van der Waals surface area contributed by atoms with Crippen molar-refractivity contribution < 1.29 is 57.2 Å². The highest BCUT2D eigenvalue weighted by Gasteiger charge is 2.40. The number of carbonyl (C=O) groups excluding carboxylic acids is 5. The first kappa shape index (κ1) is 50.6. The Kier molecular flexibility index (Phi) is 17.7. The zero-order valence-electron chi connectivity index (χ0n) is 37.8. The van der Waals surface area contributed by atoms with Crippen molar-refractivity contribution in [3.8, 4) is 11.3 Å². The fourth-order valence-corrected chi connectivity index (χ4v) is 6.93. The van der Waals surface area contributed by atoms with Crippen molar-refractivity contribution in [2.45, 2.75) is 71.0 Å². The fraction of sp³-hybridized carbons (Fsp3) is 0.535. The number of piperazine rings is 1. The van der Waals surface area contributed by atoms with Crippen LogP contribution in [0.5, 0.6) is 0 Å². The molecule has 0 bridgehead atoms. The molecule has 0 spiro atoms. The minimum absolute atomic E-state index is 0.0468. The number of aromatic nitrogens is 6. The van der Waals surface area contributed by atoms with Crippen LogP contribution in [-0.4, -0.2) is 171 Å². The number of benzene rings is 1. The molecule has 0 radical (unpaired) electrons. The highest BCUT2D eigenvalue weighted by Crippen LogP contribution is 2.31. The standard InChI is InChI=1S/C43H58FN11O11/c1-42(2,3)30-22-31(28-6-8-29(44)9-7-28)50-55-25-33(48-39(30)55)41(62)54-13-12-52(27-43(54,4)5)40(61)34-24-53(51-49-34)26-36(57)46-11-15-64-17-19-66-21-20-65-18-16-63-14-10-35(56)47-32(38(45)60)23-37(58)59/h6-9,22,24-25,32H,10-21,23,26-27H2,1-5H3,(H2,45,60)(H,46,57)(H,47,56)(H,58,59)/t32-/m0/s1. The molecule has 4 heterocycles. The first-order valence-corrected chi connectivity index (χ1v) is 21.4. The smallest absolute Gasteiger partial charge is 0.305 e. The molecule has 0 unspecified atom stereocenters. The number of primary amides is 1. The van der Waals surface area contributed by atoms with Crippen molar-refractivity contribution in [1.29, 1.82) is 0 Å². The molecular weight excluding hydrogens is 866 g/mol. The molecule has 0 saturated carbocycles. The second-order valence-electron chi connectivity index (χ2n) is 17.1. The number of nitrogens with zero attached hydrogens (tertiary/aromatic N) is 8. The van der Waals surface area contributed by atoms with Crippen LogP contribution in [0, 0.1) is 5.82 Å². The maximum absolute atomic E-state index is 14.0. The predicted molar refractivity (Wildman–Crippen MR) is 232 cm³/mol. The molecule has 1 aliphatic rings. The summed E-state index contributed by atoms with van der Waals surface area (Å²) in [6.45, 7) is 12.6. The van der Waals surface area contributed by atoms with Crippen LogP contribution in [0.15, 0.2) is 42.7 Å². The minimum Gasteiger partial charge on any atom is -0.481 e. The van der Waals surface area contributed by atoms with Gasteiger partial charge in [0.15, 0.2) is 11.3 Å². The number of nitrogens with two attached hydrogens (primary N) is 1. The number of carbonyl (C=O) groups is 6. The van der Waals surface area contributed by atoms with Gasteiger partial charge in [-0.05, 0) is 49.6 Å². The van der Waals surface area contributed by atoms with Crippen LogP contribution in [0.3, 0.4) is 0 Å². The Balaban J connectivity index is 0.957. The van der Waals surface area contributed by atoms with E-state index in [-0.39, 0.29) is 113 Å². The summed E-state index contributed by atoms with van der Waals surface area (Å²) >= 11 is 0. The number of fused-ring (bicyclic) bond motifs is 1. The topological polar surface area (TPSA) is 277 Å². The molecule has 66 heavy (non-hydrogen) atoms. The lowest BCUT2D eigenvalue weighted by Crippen LogP contribution is -2.62. The van der Waals surface area contributed by atoms with Crippen molar-refractivity contribution in [3.63, 3.8) is 0 Å². The zero-order chi connectivity index (χ0) is 48.0. The number of ether oxygens (including phenoxy) is 4. The van der Waals surface area contributed by atoms with Crippen LogP contribution >= 0.6 is 0 Å². The van der Waals surface area contributed by atoms with Crippen LogP contribution in [0.4, 0.5) is 4.39 Å². The number of aliphatic carboxylic acids is 1. The summed E-state index contributed by atoms with van der Waals surface area (Å²) in [6.07, 6.45) is 2.33. The van der Waals surface area contributed by atoms with Crippen LogP contribution in [0.25, 0.3) is 16.9 Å². The SMILES string of the molecule is CC(C)(C)c1cc(-c2ccc(F)cc2)nn2cc(C(=O)N3CCN(C(=O)c4cn(CC(=O)NCCOCCOCCOCCOCCC(=O)N[C@@H](CC(=O)O)C(N)=O)nn4)CC3(C)C)nc12. The van der Waals surface area contributed by atoms with E-state index in [0.29, 0.717) is 31.2 Å². The van der Waals surface area contributed by atoms with Gasteiger partial charge < -0.3 is 50.2 Å². The Labute approximate surface area is 380 Å². The molecule has 5 N–H and O–H groups in total. The van der Waals surface area contributed by atoms with Gasteiger partial charge in [0, 0.05) is 43.7 Å². The van der Waals surface area contributed by atoms with E-state index >= 15 is 0 Å². The van der Waals surface area contributed by atoms with Crippen molar-refractivity contribution in [3.05, 3.63) is 65.5 Å². The molecule has 3 aromatic heterocycles. The molecule has 1 aliphatic heterocycles. The Morgan fingerprint density at radius 3 is 2.11 bits per heavy atom. The van der Waals surface area contributed by atoms with E-state index < -0.39 is 35.8 Å². The number of hydrogen-bond donors (Lipinski definition) is 4. The number of carboxylic acid groups (broad SMARTS) is 1. The minimum atomic E-state index is -1.29. The predicted octanol–water partition coefficient (Wildman–Crippen LogP) is 0.819. The number of nitrogens with one attached hydrogen (secondary N) is 2. The van der Waals surface area contributed by atoms with E-state index in [0.717, 1.165) is 11.1 Å². The summed E-state index contributed by atoms with van der Waals surface area (Å²) in [5.41, 5.74) is 6.99. The highest BCUT2D eigenvalue weighted by atomic mass is 19.1. The average Bonchev–Trinajstić information content (AvgIpc) is 3.91. The van der Waals surface area contributed by atoms with Crippen LogP contribution < -0.4 is 16.4 Å². The maximum atomic E-state index is 14.0. The lowest BCUT2D eigenvalue weighted by atomic mass is 9.87. The summed E-state index contributed by atoms with van der Waals surface area (Å²) in [5, 5.41) is 26.4. The molecule has 358 valence electrons. The van der Waals surface area contributed by atoms with E-state index in [9.17, 15) is 33.2 Å². The van der Waals surface area contributed by atoms with Gasteiger partial charge in [0.2, 0.25) is 17.7 Å². The largest absolute Gasteiger partial charge is 0.481 e. The molecule has 0 aliphatic carbocycles. The summed E-state index contributed by atoms with van der Waals surface area (Å²) < 4.78 is 38.1. The van der Waals surface area contributed by atoms with Gasteiger partial charge in [0.1, 0.15) is 24.1 Å². The summed E-state index contributed by atoms with van der Waals surface area (Å²) in [7, 11) is 0. The lowest BCUT2D eigenvalue weighted by Gasteiger charge is -2.46. The van der Waals surface area contributed by atoms with Gasteiger partial charge in [-0.15, -0.1) is 5.10 Å². The molecule has 5 rings (SSSR count). The molecule has 1 atom stereocenters. The third-order valence-electron chi connectivity index (χ3n) is 10.3. The molecule has 5 amide bonds. The van der Waals surface area contributed by atoms with Gasteiger partial charge in [-0.2, -0.15) is 5.10 Å². The van der Waals surface area contributed by atoms with Gasteiger partial charge >= 0.3 is 5.97 Å². The molecule has 1 aromatic carbocycles. The maximum Gasteiger partial charge on any atom is 0.305 e. The molecule has 23 heteroatoms. The van der Waals surface area contributed by atoms with Crippen molar-refractivity contribution in [2.24, 2.45) is 5.73 Å². The summed E-state index contributed by atoms with van der Waals surface area (Å²) in [6, 6.07) is 6.69. The molecule has 4 aromatic rings. The van der Waals surface area contributed by atoms with Crippen molar-refractivity contribution in [1.82, 2.24) is 50.0 Å². The van der Waals surface area contributed by atoms with Crippen molar-refractivity contribution in [2.75, 3.05) is 79.0 Å². The van der Waals surface area contributed by atoms with E-state index in [1.54, 1.807) is 32.6 Å². The summed E-state index contributed by atoms with van der Waals surface area (Å²) in [4.78, 5) is 82.0.